The maximum absolute atomic E-state index is 5.73. The SMILES string of the molecule is CC(C)C(Br)CCc1ccc(OC2CC2)cc1. The molecule has 1 aliphatic rings. The molecule has 1 atom stereocenters. The molecule has 2 rings (SSSR count). The van der Waals surface area contributed by atoms with Crippen LogP contribution in [0.5, 0.6) is 5.75 Å². The zero-order chi connectivity index (χ0) is 12.3. The number of alkyl halides is 1. The van der Waals surface area contributed by atoms with E-state index < -0.39 is 0 Å². The summed E-state index contributed by atoms with van der Waals surface area (Å²) in [6.45, 7) is 4.51. The monoisotopic (exact) mass is 296 g/mol. The van der Waals surface area contributed by atoms with Crippen LogP contribution in [0.15, 0.2) is 24.3 Å². The second-order valence-corrected chi connectivity index (χ2v) is 6.44. The van der Waals surface area contributed by atoms with Gasteiger partial charge in [-0.05, 0) is 49.3 Å². The molecule has 17 heavy (non-hydrogen) atoms. The molecule has 0 N–H and O–H groups in total. The molecule has 1 aliphatic carbocycles. The second kappa shape index (κ2) is 5.90. The van der Waals surface area contributed by atoms with E-state index in [0.29, 0.717) is 16.8 Å². The van der Waals surface area contributed by atoms with Gasteiger partial charge in [-0.25, -0.2) is 0 Å². The van der Waals surface area contributed by atoms with Crippen LogP contribution in [0, 0.1) is 5.92 Å². The molecule has 1 aromatic carbocycles. The van der Waals surface area contributed by atoms with Gasteiger partial charge in [-0.2, -0.15) is 0 Å². The molecule has 2 heteroatoms. The van der Waals surface area contributed by atoms with Crippen LogP contribution in [0.4, 0.5) is 0 Å². The summed E-state index contributed by atoms with van der Waals surface area (Å²) in [4.78, 5) is 0.616. The van der Waals surface area contributed by atoms with Crippen molar-refractivity contribution >= 4 is 15.9 Å². The Morgan fingerprint density at radius 3 is 2.41 bits per heavy atom. The lowest BCUT2D eigenvalue weighted by Gasteiger charge is -2.13. The number of benzene rings is 1. The highest BCUT2D eigenvalue weighted by atomic mass is 79.9. The van der Waals surface area contributed by atoms with Crippen LogP contribution in [-0.4, -0.2) is 10.9 Å². The lowest BCUT2D eigenvalue weighted by atomic mass is 10.0. The van der Waals surface area contributed by atoms with Gasteiger partial charge in [0, 0.05) is 4.83 Å². The highest BCUT2D eigenvalue weighted by Gasteiger charge is 2.23. The molecule has 0 bridgehead atoms. The Morgan fingerprint density at radius 1 is 1.24 bits per heavy atom. The summed E-state index contributed by atoms with van der Waals surface area (Å²) in [7, 11) is 0. The van der Waals surface area contributed by atoms with Crippen molar-refractivity contribution in [2.45, 2.75) is 50.5 Å². The average Bonchev–Trinajstić information content (AvgIpc) is 3.11. The summed E-state index contributed by atoms with van der Waals surface area (Å²) in [6.07, 6.45) is 5.27. The highest BCUT2D eigenvalue weighted by Crippen LogP contribution is 2.27. The summed E-state index contributed by atoms with van der Waals surface area (Å²) in [5.41, 5.74) is 1.40. The smallest absolute Gasteiger partial charge is 0.119 e. The minimum absolute atomic E-state index is 0.494. The van der Waals surface area contributed by atoms with Crippen molar-refractivity contribution in [2.75, 3.05) is 0 Å². The van der Waals surface area contributed by atoms with Crippen molar-refractivity contribution in [1.82, 2.24) is 0 Å². The van der Waals surface area contributed by atoms with Gasteiger partial charge in [-0.1, -0.05) is 41.9 Å². The van der Waals surface area contributed by atoms with E-state index in [1.807, 2.05) is 0 Å². The molecule has 0 aromatic heterocycles. The van der Waals surface area contributed by atoms with Gasteiger partial charge in [-0.3, -0.25) is 0 Å². The van der Waals surface area contributed by atoms with E-state index in [9.17, 15) is 0 Å². The molecule has 1 aromatic rings. The van der Waals surface area contributed by atoms with Gasteiger partial charge in [0.25, 0.3) is 0 Å². The maximum Gasteiger partial charge on any atom is 0.119 e. The largest absolute Gasteiger partial charge is 0.490 e. The van der Waals surface area contributed by atoms with Gasteiger partial charge < -0.3 is 4.74 Å². The molecule has 94 valence electrons. The van der Waals surface area contributed by atoms with Gasteiger partial charge in [-0.15, -0.1) is 0 Å². The topological polar surface area (TPSA) is 9.23 Å². The second-order valence-electron chi connectivity index (χ2n) is 5.26. The van der Waals surface area contributed by atoms with Gasteiger partial charge in [0.15, 0.2) is 0 Å². The van der Waals surface area contributed by atoms with Crippen LogP contribution in [0.3, 0.4) is 0 Å². The van der Waals surface area contributed by atoms with Crippen LogP contribution in [0.25, 0.3) is 0 Å². The third-order valence-corrected chi connectivity index (χ3v) is 4.70. The Bertz CT molecular complexity index is 340. The zero-order valence-electron chi connectivity index (χ0n) is 10.7. The Kier molecular flexibility index (Phi) is 4.49. The van der Waals surface area contributed by atoms with Crippen molar-refractivity contribution in [3.8, 4) is 5.75 Å². The number of halogens is 1. The van der Waals surface area contributed by atoms with Crippen LogP contribution in [0.2, 0.25) is 0 Å². The number of hydrogen-bond donors (Lipinski definition) is 0. The maximum atomic E-state index is 5.73. The Balaban J connectivity index is 1.80. The lowest BCUT2D eigenvalue weighted by Crippen LogP contribution is -2.08. The van der Waals surface area contributed by atoms with E-state index in [1.54, 1.807) is 0 Å². The normalized spacial score (nSPS) is 17.2. The molecule has 1 nitrogen and oxygen atoms in total. The fourth-order valence-electron chi connectivity index (χ4n) is 1.75. The van der Waals surface area contributed by atoms with E-state index in [1.165, 1.54) is 24.8 Å². The predicted molar refractivity (Wildman–Crippen MR) is 76.0 cm³/mol. The first-order valence-corrected chi connectivity index (χ1v) is 7.46. The van der Waals surface area contributed by atoms with Crippen LogP contribution < -0.4 is 4.74 Å². The number of rotatable bonds is 6. The summed E-state index contributed by atoms with van der Waals surface area (Å²) in [5.74, 6) is 1.72. The molecule has 1 unspecified atom stereocenters. The lowest BCUT2D eigenvalue weighted by molar-refractivity contribution is 0.303. The molecule has 0 saturated heterocycles. The van der Waals surface area contributed by atoms with Gasteiger partial charge in [0.1, 0.15) is 5.75 Å². The first kappa shape index (κ1) is 12.9. The molecular formula is C15H21BrO. The van der Waals surface area contributed by atoms with E-state index in [2.05, 4.69) is 54.0 Å². The van der Waals surface area contributed by atoms with Crippen molar-refractivity contribution in [3.05, 3.63) is 29.8 Å². The van der Waals surface area contributed by atoms with E-state index in [4.69, 9.17) is 4.74 Å². The number of hydrogen-bond acceptors (Lipinski definition) is 1. The minimum atomic E-state index is 0.494. The van der Waals surface area contributed by atoms with Crippen molar-refractivity contribution in [1.29, 1.82) is 0 Å². The van der Waals surface area contributed by atoms with E-state index >= 15 is 0 Å². The van der Waals surface area contributed by atoms with Crippen molar-refractivity contribution < 1.29 is 4.74 Å². The quantitative estimate of drug-likeness (QED) is 0.698. The standard InChI is InChI=1S/C15H21BrO/c1-11(2)15(16)10-5-12-3-6-13(7-4-12)17-14-8-9-14/h3-4,6-7,11,14-15H,5,8-10H2,1-2H3. The zero-order valence-corrected chi connectivity index (χ0v) is 12.2. The molecular weight excluding hydrogens is 276 g/mol. The number of ether oxygens (including phenoxy) is 1. The minimum Gasteiger partial charge on any atom is -0.490 e. The van der Waals surface area contributed by atoms with Crippen LogP contribution in [-0.2, 0) is 6.42 Å². The van der Waals surface area contributed by atoms with Crippen molar-refractivity contribution in [3.63, 3.8) is 0 Å². The summed E-state index contributed by atoms with van der Waals surface area (Å²) < 4.78 is 5.73. The summed E-state index contributed by atoms with van der Waals surface area (Å²) >= 11 is 3.73. The Labute approximate surface area is 113 Å². The first-order chi connectivity index (χ1) is 8.15. The van der Waals surface area contributed by atoms with Crippen LogP contribution >= 0.6 is 15.9 Å². The highest BCUT2D eigenvalue weighted by molar-refractivity contribution is 9.09. The molecule has 0 amide bonds. The Morgan fingerprint density at radius 2 is 1.88 bits per heavy atom. The predicted octanol–water partition coefficient (Wildman–Crippen LogP) is 4.58. The molecule has 0 radical (unpaired) electrons. The van der Waals surface area contributed by atoms with E-state index in [0.717, 1.165) is 12.2 Å². The molecule has 0 heterocycles. The molecule has 0 spiro atoms. The third kappa shape index (κ3) is 4.34. The summed E-state index contributed by atoms with van der Waals surface area (Å²) in [5, 5.41) is 0. The molecule has 1 fully saturated rings. The average molecular weight is 297 g/mol. The third-order valence-electron chi connectivity index (χ3n) is 3.18. The molecule has 0 aliphatic heterocycles. The van der Waals surface area contributed by atoms with Gasteiger partial charge >= 0.3 is 0 Å². The Hall–Kier alpha value is -0.500. The van der Waals surface area contributed by atoms with Crippen LogP contribution in [0.1, 0.15) is 38.7 Å². The first-order valence-electron chi connectivity index (χ1n) is 6.55. The fourth-order valence-corrected chi connectivity index (χ4v) is 1.98. The van der Waals surface area contributed by atoms with Gasteiger partial charge in [0.2, 0.25) is 0 Å². The fraction of sp³-hybridized carbons (Fsp3) is 0.600. The summed E-state index contributed by atoms with van der Waals surface area (Å²) in [6, 6.07) is 8.59. The van der Waals surface area contributed by atoms with E-state index in [-0.39, 0.29) is 0 Å². The van der Waals surface area contributed by atoms with Crippen molar-refractivity contribution in [2.24, 2.45) is 5.92 Å². The van der Waals surface area contributed by atoms with Gasteiger partial charge in [0.05, 0.1) is 6.10 Å². The number of aryl methyl sites for hydroxylation is 1. The molecule has 1 saturated carbocycles.